The number of aliphatic carboxylic acids is 1. The number of hydrogen-bond donors (Lipinski definition) is 1. The molecule has 0 aromatic heterocycles. The van der Waals surface area contributed by atoms with Crippen LogP contribution in [0.2, 0.25) is 0 Å². The molecular weight excluding hydrogens is 280 g/mol. The van der Waals surface area contributed by atoms with Crippen LogP contribution in [0.1, 0.15) is 30.7 Å². The summed E-state index contributed by atoms with van der Waals surface area (Å²) in [5.41, 5.74) is 0.208. The van der Waals surface area contributed by atoms with E-state index in [1.165, 1.54) is 17.0 Å². The van der Waals surface area contributed by atoms with E-state index in [4.69, 9.17) is 5.11 Å². The maximum atomic E-state index is 13.7. The van der Waals surface area contributed by atoms with Gasteiger partial charge in [0.15, 0.2) is 11.6 Å². The molecule has 2 atom stereocenters. The van der Waals surface area contributed by atoms with Crippen molar-refractivity contribution in [2.45, 2.75) is 31.2 Å². The van der Waals surface area contributed by atoms with Gasteiger partial charge in [0.25, 0.3) is 0 Å². The second kappa shape index (κ2) is 5.09. The monoisotopic (exact) mass is 295 g/mol. The number of amides is 1. The zero-order valence-electron chi connectivity index (χ0n) is 11.3. The first-order chi connectivity index (χ1) is 9.99. The Hall–Kier alpha value is -1.98. The highest BCUT2D eigenvalue weighted by Gasteiger charge is 2.49. The number of nitrogens with zero attached hydrogens (tertiary/aromatic N) is 1. The summed E-state index contributed by atoms with van der Waals surface area (Å²) in [7, 11) is 0. The molecule has 3 rings (SSSR count). The molecule has 112 valence electrons. The summed E-state index contributed by atoms with van der Waals surface area (Å²) >= 11 is 0. The van der Waals surface area contributed by atoms with E-state index in [1.54, 1.807) is 0 Å². The van der Waals surface area contributed by atoms with Crippen LogP contribution in [0.5, 0.6) is 0 Å². The van der Waals surface area contributed by atoms with Gasteiger partial charge in [-0.2, -0.15) is 0 Å². The van der Waals surface area contributed by atoms with Gasteiger partial charge in [0.1, 0.15) is 6.54 Å². The molecule has 0 unspecified atom stereocenters. The molecule has 0 saturated heterocycles. The standard InChI is InChI=1S/C15H15F2NO3/c16-12-3-1-2-9(14(12)17)10-6-11(10)15(21)18(7-13(19)20)8-4-5-8/h1-3,8,10-11H,4-7H2,(H,19,20)/t10-,11-/m0/s1. The third-order valence-electron chi connectivity index (χ3n) is 4.06. The van der Waals surface area contributed by atoms with Gasteiger partial charge >= 0.3 is 5.97 Å². The van der Waals surface area contributed by atoms with Crippen molar-refractivity contribution in [1.29, 1.82) is 0 Å². The minimum atomic E-state index is -1.05. The summed E-state index contributed by atoms with van der Waals surface area (Å²) in [6.07, 6.45) is 2.07. The molecule has 1 amide bonds. The van der Waals surface area contributed by atoms with Crippen molar-refractivity contribution in [3.8, 4) is 0 Å². The van der Waals surface area contributed by atoms with Gasteiger partial charge < -0.3 is 10.0 Å². The molecule has 0 aliphatic heterocycles. The van der Waals surface area contributed by atoms with Crippen molar-refractivity contribution in [2.75, 3.05) is 6.54 Å². The lowest BCUT2D eigenvalue weighted by Crippen LogP contribution is -2.38. The van der Waals surface area contributed by atoms with Gasteiger partial charge in [0.2, 0.25) is 5.91 Å². The third kappa shape index (κ3) is 2.75. The van der Waals surface area contributed by atoms with Gasteiger partial charge in [-0.15, -0.1) is 0 Å². The van der Waals surface area contributed by atoms with Crippen LogP contribution in [0.3, 0.4) is 0 Å². The number of carboxylic acids is 1. The maximum Gasteiger partial charge on any atom is 0.323 e. The van der Waals surface area contributed by atoms with Crippen molar-refractivity contribution in [3.05, 3.63) is 35.4 Å². The third-order valence-corrected chi connectivity index (χ3v) is 4.06. The lowest BCUT2D eigenvalue weighted by atomic mass is 10.1. The SMILES string of the molecule is O=C(O)CN(C(=O)[C@H]1C[C@H]1c1cccc(F)c1F)C1CC1. The second-order valence-electron chi connectivity index (χ2n) is 5.68. The van der Waals surface area contributed by atoms with Crippen LogP contribution < -0.4 is 0 Å². The number of benzene rings is 1. The van der Waals surface area contributed by atoms with E-state index < -0.39 is 23.5 Å². The normalized spacial score (nSPS) is 23.7. The Kier molecular flexibility index (Phi) is 3.39. The average molecular weight is 295 g/mol. The van der Waals surface area contributed by atoms with Crippen molar-refractivity contribution in [1.82, 2.24) is 4.90 Å². The van der Waals surface area contributed by atoms with Gasteiger partial charge in [-0.05, 0) is 36.8 Å². The second-order valence-corrected chi connectivity index (χ2v) is 5.68. The molecule has 0 bridgehead atoms. The Balaban J connectivity index is 1.73. The van der Waals surface area contributed by atoms with E-state index in [-0.39, 0.29) is 30.0 Å². The van der Waals surface area contributed by atoms with Gasteiger partial charge in [0, 0.05) is 12.0 Å². The van der Waals surface area contributed by atoms with Crippen molar-refractivity contribution in [3.63, 3.8) is 0 Å². The molecule has 0 heterocycles. The summed E-state index contributed by atoms with van der Waals surface area (Å²) in [6, 6.07) is 3.93. The molecule has 4 nitrogen and oxygen atoms in total. The lowest BCUT2D eigenvalue weighted by molar-refractivity contribution is -0.145. The van der Waals surface area contributed by atoms with Gasteiger partial charge in [0.05, 0.1) is 0 Å². The maximum absolute atomic E-state index is 13.7. The van der Waals surface area contributed by atoms with E-state index in [9.17, 15) is 18.4 Å². The lowest BCUT2D eigenvalue weighted by Gasteiger charge is -2.20. The smallest absolute Gasteiger partial charge is 0.323 e. The summed E-state index contributed by atoms with van der Waals surface area (Å²) in [6.45, 7) is -0.321. The highest BCUT2D eigenvalue weighted by Crippen LogP contribution is 2.50. The van der Waals surface area contributed by atoms with Crippen molar-refractivity contribution in [2.24, 2.45) is 5.92 Å². The quantitative estimate of drug-likeness (QED) is 0.905. The fourth-order valence-electron chi connectivity index (χ4n) is 2.75. The number of halogens is 2. The molecule has 21 heavy (non-hydrogen) atoms. The predicted octanol–water partition coefficient (Wildman–Crippen LogP) is 2.14. The largest absolute Gasteiger partial charge is 0.480 e. The summed E-state index contributed by atoms with van der Waals surface area (Å²) < 4.78 is 26.9. The fraction of sp³-hybridized carbons (Fsp3) is 0.467. The molecule has 2 aliphatic rings. The van der Waals surface area contributed by atoms with Crippen LogP contribution in [0.4, 0.5) is 8.78 Å². The molecule has 1 aromatic rings. The molecule has 1 N–H and O–H groups in total. The van der Waals surface area contributed by atoms with E-state index in [0.29, 0.717) is 6.42 Å². The minimum absolute atomic E-state index is 0.00722. The van der Waals surface area contributed by atoms with E-state index in [2.05, 4.69) is 0 Å². The fourth-order valence-corrected chi connectivity index (χ4v) is 2.75. The zero-order valence-corrected chi connectivity index (χ0v) is 11.3. The van der Waals surface area contributed by atoms with E-state index >= 15 is 0 Å². The van der Waals surface area contributed by atoms with Crippen LogP contribution in [-0.2, 0) is 9.59 Å². The first kappa shape index (κ1) is 14.0. The molecule has 0 spiro atoms. The highest BCUT2D eigenvalue weighted by atomic mass is 19.2. The van der Waals surface area contributed by atoms with Crippen molar-refractivity contribution >= 4 is 11.9 Å². The summed E-state index contributed by atoms with van der Waals surface area (Å²) in [4.78, 5) is 24.6. The predicted molar refractivity (Wildman–Crippen MR) is 69.6 cm³/mol. The molecule has 2 fully saturated rings. The van der Waals surface area contributed by atoms with E-state index in [0.717, 1.165) is 18.9 Å². The van der Waals surface area contributed by atoms with Gasteiger partial charge in [-0.1, -0.05) is 12.1 Å². The molecule has 0 radical (unpaired) electrons. The Morgan fingerprint density at radius 1 is 1.29 bits per heavy atom. The molecule has 6 heteroatoms. The van der Waals surface area contributed by atoms with Crippen LogP contribution in [-0.4, -0.2) is 34.5 Å². The molecule has 1 aromatic carbocycles. The Morgan fingerprint density at radius 2 is 2.00 bits per heavy atom. The average Bonchev–Trinajstić information content (AvgIpc) is 3.31. The highest BCUT2D eigenvalue weighted by molar-refractivity contribution is 5.86. The topological polar surface area (TPSA) is 57.6 Å². The number of carbonyl (C=O) groups excluding carboxylic acids is 1. The molecule has 2 aliphatic carbocycles. The van der Waals surface area contributed by atoms with Crippen LogP contribution in [0.25, 0.3) is 0 Å². The van der Waals surface area contributed by atoms with Crippen LogP contribution >= 0.6 is 0 Å². The van der Waals surface area contributed by atoms with Gasteiger partial charge in [-0.3, -0.25) is 9.59 Å². The number of rotatable bonds is 5. The van der Waals surface area contributed by atoms with E-state index in [1.807, 2.05) is 0 Å². The number of carboxylic acid groups (broad SMARTS) is 1. The Morgan fingerprint density at radius 3 is 2.62 bits per heavy atom. The Labute approximate surface area is 120 Å². The number of hydrogen-bond acceptors (Lipinski definition) is 2. The molecular formula is C15H15F2NO3. The van der Waals surface area contributed by atoms with Crippen LogP contribution in [0.15, 0.2) is 18.2 Å². The molecule has 2 saturated carbocycles. The minimum Gasteiger partial charge on any atom is -0.480 e. The number of carbonyl (C=O) groups is 2. The zero-order chi connectivity index (χ0) is 15.1. The first-order valence-electron chi connectivity index (χ1n) is 6.95. The summed E-state index contributed by atoms with van der Waals surface area (Å²) in [5.74, 6) is -3.91. The summed E-state index contributed by atoms with van der Waals surface area (Å²) in [5, 5.41) is 8.87. The Bertz CT molecular complexity index is 601. The van der Waals surface area contributed by atoms with Crippen molar-refractivity contribution < 1.29 is 23.5 Å². The van der Waals surface area contributed by atoms with Crippen LogP contribution in [0, 0.1) is 17.6 Å². The first-order valence-corrected chi connectivity index (χ1v) is 6.95. The van der Waals surface area contributed by atoms with Gasteiger partial charge in [-0.25, -0.2) is 8.78 Å².